The summed E-state index contributed by atoms with van der Waals surface area (Å²) in [6.07, 6.45) is 8.92. The maximum atomic E-state index is 13.3. The Morgan fingerprint density at radius 2 is 2.08 bits per heavy atom. The van der Waals surface area contributed by atoms with Crippen LogP contribution in [0.2, 0.25) is 0 Å². The summed E-state index contributed by atoms with van der Waals surface area (Å²) in [4.78, 5) is 35.5. The molecule has 1 amide bonds. The van der Waals surface area contributed by atoms with Crippen LogP contribution in [0, 0.1) is 0 Å². The number of methoxy groups -OCH3 is 1. The SMILES string of the molecule is COCC1CC[C@](C)(c2cn3cc(C(=O)Nc4cccn(C5CC5)c4=O)c(OC(C)C)nc3n2)CO1. The summed E-state index contributed by atoms with van der Waals surface area (Å²) < 4.78 is 20.5. The van der Waals surface area contributed by atoms with Gasteiger partial charge in [-0.1, -0.05) is 6.92 Å². The van der Waals surface area contributed by atoms with Gasteiger partial charge in [-0.05, 0) is 51.7 Å². The molecule has 0 spiro atoms. The minimum absolute atomic E-state index is 0.0852. The molecule has 10 heteroatoms. The number of hydrogen-bond donors (Lipinski definition) is 1. The molecule has 1 unspecified atom stereocenters. The highest BCUT2D eigenvalue weighted by Crippen LogP contribution is 2.35. The lowest BCUT2D eigenvalue weighted by Crippen LogP contribution is -2.39. The van der Waals surface area contributed by atoms with Crippen molar-refractivity contribution in [1.29, 1.82) is 0 Å². The average molecular weight is 496 g/mol. The van der Waals surface area contributed by atoms with Crippen LogP contribution in [0.15, 0.2) is 35.5 Å². The summed E-state index contributed by atoms with van der Waals surface area (Å²) in [5.74, 6) is 0.152. The summed E-state index contributed by atoms with van der Waals surface area (Å²) >= 11 is 0. The van der Waals surface area contributed by atoms with E-state index in [0.717, 1.165) is 31.4 Å². The minimum Gasteiger partial charge on any atom is -0.474 e. The molecule has 3 aromatic rings. The summed E-state index contributed by atoms with van der Waals surface area (Å²) in [6, 6.07) is 3.60. The summed E-state index contributed by atoms with van der Waals surface area (Å²) in [7, 11) is 1.68. The zero-order chi connectivity index (χ0) is 25.4. The molecule has 2 atom stereocenters. The van der Waals surface area contributed by atoms with E-state index in [-0.39, 0.29) is 46.4 Å². The molecule has 1 N–H and O–H groups in total. The molecular formula is C26H33N5O5. The Bertz CT molecular complexity index is 1320. The number of amides is 1. The smallest absolute Gasteiger partial charge is 0.274 e. The summed E-state index contributed by atoms with van der Waals surface area (Å²) in [5.41, 5.74) is 0.808. The van der Waals surface area contributed by atoms with Gasteiger partial charge in [0.15, 0.2) is 0 Å². The van der Waals surface area contributed by atoms with Gasteiger partial charge in [-0.15, -0.1) is 0 Å². The Kier molecular flexibility index (Phi) is 6.57. The predicted molar refractivity (Wildman–Crippen MR) is 134 cm³/mol. The van der Waals surface area contributed by atoms with Gasteiger partial charge in [0.2, 0.25) is 11.7 Å². The molecule has 5 rings (SSSR count). The molecule has 4 heterocycles. The first-order valence-electron chi connectivity index (χ1n) is 12.5. The van der Waals surface area contributed by atoms with Crippen LogP contribution in [0.25, 0.3) is 5.78 Å². The van der Waals surface area contributed by atoms with E-state index in [4.69, 9.17) is 19.2 Å². The third-order valence-corrected chi connectivity index (χ3v) is 6.79. The van der Waals surface area contributed by atoms with Crippen molar-refractivity contribution >= 4 is 17.4 Å². The fourth-order valence-corrected chi connectivity index (χ4v) is 4.56. The van der Waals surface area contributed by atoms with Crippen LogP contribution in [0.4, 0.5) is 5.69 Å². The molecule has 2 aliphatic rings. The number of aromatic nitrogens is 4. The maximum absolute atomic E-state index is 13.3. The second kappa shape index (κ2) is 9.67. The van der Waals surface area contributed by atoms with Crippen molar-refractivity contribution in [3.8, 4) is 5.88 Å². The number of pyridine rings is 1. The highest BCUT2D eigenvalue weighted by Gasteiger charge is 2.36. The monoisotopic (exact) mass is 495 g/mol. The fourth-order valence-electron chi connectivity index (χ4n) is 4.56. The molecule has 10 nitrogen and oxygen atoms in total. The number of carbonyl (C=O) groups excluding carboxylic acids is 1. The van der Waals surface area contributed by atoms with Gasteiger partial charge in [-0.3, -0.25) is 14.0 Å². The van der Waals surface area contributed by atoms with Gasteiger partial charge in [0, 0.05) is 37.2 Å². The predicted octanol–water partition coefficient (Wildman–Crippen LogP) is 3.35. The molecule has 1 aliphatic carbocycles. The maximum Gasteiger partial charge on any atom is 0.274 e. The molecule has 3 aromatic heterocycles. The average Bonchev–Trinajstić information content (AvgIpc) is 3.59. The Balaban J connectivity index is 1.45. The zero-order valence-corrected chi connectivity index (χ0v) is 21.2. The van der Waals surface area contributed by atoms with E-state index in [1.807, 2.05) is 20.0 Å². The second-order valence-electron chi connectivity index (χ2n) is 10.3. The van der Waals surface area contributed by atoms with Crippen LogP contribution >= 0.6 is 0 Å². The van der Waals surface area contributed by atoms with Crippen molar-refractivity contribution < 1.29 is 19.0 Å². The topological polar surface area (TPSA) is 109 Å². The normalized spacial score (nSPS) is 22.2. The molecule has 0 radical (unpaired) electrons. The van der Waals surface area contributed by atoms with Gasteiger partial charge in [-0.2, -0.15) is 4.98 Å². The number of nitrogens with zero attached hydrogens (tertiary/aromatic N) is 4. The molecule has 0 aromatic carbocycles. The van der Waals surface area contributed by atoms with E-state index < -0.39 is 5.91 Å². The van der Waals surface area contributed by atoms with Gasteiger partial charge in [0.05, 0.1) is 31.1 Å². The number of fused-ring (bicyclic) bond motifs is 1. The van der Waals surface area contributed by atoms with Gasteiger partial charge in [0.25, 0.3) is 11.5 Å². The van der Waals surface area contributed by atoms with E-state index in [9.17, 15) is 9.59 Å². The van der Waals surface area contributed by atoms with Crippen LogP contribution < -0.4 is 15.6 Å². The Morgan fingerprint density at radius 1 is 1.28 bits per heavy atom. The van der Waals surface area contributed by atoms with E-state index >= 15 is 0 Å². The highest BCUT2D eigenvalue weighted by atomic mass is 16.5. The molecular weight excluding hydrogens is 462 g/mol. The van der Waals surface area contributed by atoms with E-state index in [0.29, 0.717) is 19.0 Å². The third-order valence-electron chi connectivity index (χ3n) is 6.79. The van der Waals surface area contributed by atoms with Crippen LogP contribution in [0.5, 0.6) is 5.88 Å². The van der Waals surface area contributed by atoms with Gasteiger partial charge in [0.1, 0.15) is 11.3 Å². The lowest BCUT2D eigenvalue weighted by molar-refractivity contribution is -0.0596. The minimum atomic E-state index is -0.462. The van der Waals surface area contributed by atoms with Crippen molar-refractivity contribution in [2.24, 2.45) is 0 Å². The van der Waals surface area contributed by atoms with Crippen molar-refractivity contribution in [3.63, 3.8) is 0 Å². The molecule has 36 heavy (non-hydrogen) atoms. The molecule has 0 bridgehead atoms. The largest absolute Gasteiger partial charge is 0.474 e. The Hall–Kier alpha value is -3.24. The first kappa shape index (κ1) is 24.5. The molecule has 2 fully saturated rings. The number of nitrogens with one attached hydrogen (secondary N) is 1. The highest BCUT2D eigenvalue weighted by molar-refractivity contribution is 6.05. The van der Waals surface area contributed by atoms with Gasteiger partial charge >= 0.3 is 0 Å². The van der Waals surface area contributed by atoms with Gasteiger partial charge < -0.3 is 24.1 Å². The van der Waals surface area contributed by atoms with Crippen LogP contribution in [-0.2, 0) is 14.9 Å². The van der Waals surface area contributed by atoms with Crippen molar-refractivity contribution in [2.45, 2.75) is 70.1 Å². The zero-order valence-electron chi connectivity index (χ0n) is 21.2. The molecule has 192 valence electrons. The van der Waals surface area contributed by atoms with E-state index in [2.05, 4.69) is 17.2 Å². The quantitative estimate of drug-likeness (QED) is 0.510. The van der Waals surface area contributed by atoms with Crippen molar-refractivity contribution in [1.82, 2.24) is 18.9 Å². The summed E-state index contributed by atoms with van der Waals surface area (Å²) in [5, 5.41) is 2.76. The van der Waals surface area contributed by atoms with Crippen molar-refractivity contribution in [2.75, 3.05) is 25.6 Å². The number of hydrogen-bond acceptors (Lipinski definition) is 7. The number of rotatable bonds is 8. The first-order valence-corrected chi connectivity index (χ1v) is 12.5. The number of anilines is 1. The van der Waals surface area contributed by atoms with E-state index in [1.54, 1.807) is 40.6 Å². The van der Waals surface area contributed by atoms with Gasteiger partial charge in [-0.25, -0.2) is 4.98 Å². The van der Waals surface area contributed by atoms with E-state index in [1.165, 1.54) is 0 Å². The van der Waals surface area contributed by atoms with Crippen LogP contribution in [0.3, 0.4) is 0 Å². The first-order chi connectivity index (χ1) is 17.3. The van der Waals surface area contributed by atoms with Crippen molar-refractivity contribution in [3.05, 3.63) is 52.3 Å². The fraction of sp³-hybridized carbons (Fsp3) is 0.538. The standard InChI is InChI=1S/C26H33N5O5/c1-16(2)36-23-19(22(32)27-20-6-5-11-31(24(20)33)17-7-8-17)12-30-13-21(28-25(30)29-23)26(3)10-9-18(14-34-4)35-15-26/h5-6,11-13,16-18H,7-10,14-15H2,1-4H3,(H,27,32)/t18?,26-/m0/s1. The number of imidazole rings is 1. The second-order valence-corrected chi connectivity index (χ2v) is 10.3. The van der Waals surface area contributed by atoms with Crippen LogP contribution in [-0.4, -0.2) is 57.4 Å². The molecule has 1 saturated heterocycles. The lowest BCUT2D eigenvalue weighted by Gasteiger charge is -2.35. The molecule has 1 saturated carbocycles. The number of ether oxygens (including phenoxy) is 3. The Labute approximate surface area is 209 Å². The lowest BCUT2D eigenvalue weighted by atomic mass is 9.80. The number of carbonyl (C=O) groups is 1. The molecule has 1 aliphatic heterocycles. The van der Waals surface area contributed by atoms with Crippen LogP contribution in [0.1, 0.15) is 68.5 Å². The Morgan fingerprint density at radius 3 is 2.75 bits per heavy atom. The third kappa shape index (κ3) is 4.87. The summed E-state index contributed by atoms with van der Waals surface area (Å²) in [6.45, 7) is 6.95.